The largest absolute Gasteiger partial charge is 0.310 e. The van der Waals surface area contributed by atoms with E-state index in [-0.39, 0.29) is 0 Å². The molecule has 0 amide bonds. The van der Waals surface area contributed by atoms with Crippen molar-refractivity contribution >= 4 is 27.5 Å². The molecular weight excluding hydrogens is 336 g/mol. The van der Waals surface area contributed by atoms with Crippen LogP contribution in [-0.4, -0.2) is 30.6 Å². The minimum atomic E-state index is 0.524. The normalized spacial score (nSPS) is 12.9. The van der Waals surface area contributed by atoms with Crippen LogP contribution in [0.25, 0.3) is 0 Å². The highest BCUT2D eigenvalue weighted by Crippen LogP contribution is 2.21. The Morgan fingerprint density at radius 2 is 2.00 bits per heavy atom. The third kappa shape index (κ3) is 6.57. The van der Waals surface area contributed by atoms with Crippen LogP contribution in [0.4, 0.5) is 0 Å². The van der Waals surface area contributed by atoms with Crippen molar-refractivity contribution in [2.24, 2.45) is 0 Å². The first-order valence-electron chi connectivity index (χ1n) is 7.46. The molecule has 1 N–H and O–H groups in total. The van der Waals surface area contributed by atoms with E-state index in [4.69, 9.17) is 11.6 Å². The molecule has 0 spiro atoms. The first-order chi connectivity index (χ1) is 9.56. The zero-order valence-corrected chi connectivity index (χ0v) is 15.1. The van der Waals surface area contributed by atoms with Crippen LogP contribution in [0.1, 0.15) is 39.2 Å². The van der Waals surface area contributed by atoms with Gasteiger partial charge in [0.2, 0.25) is 0 Å². The Hall–Kier alpha value is -0.0900. The fourth-order valence-corrected chi connectivity index (χ4v) is 2.81. The zero-order chi connectivity index (χ0) is 15.0. The van der Waals surface area contributed by atoms with E-state index in [0.717, 1.165) is 29.1 Å². The van der Waals surface area contributed by atoms with Gasteiger partial charge in [-0.15, -0.1) is 0 Å². The highest BCUT2D eigenvalue weighted by molar-refractivity contribution is 9.10. The summed E-state index contributed by atoms with van der Waals surface area (Å²) >= 11 is 9.59. The van der Waals surface area contributed by atoms with Crippen molar-refractivity contribution in [3.8, 4) is 0 Å². The number of nitrogens with one attached hydrogen (secondary N) is 1. The number of benzene rings is 1. The van der Waals surface area contributed by atoms with Crippen molar-refractivity contribution in [2.75, 3.05) is 19.6 Å². The average molecular weight is 362 g/mol. The maximum Gasteiger partial charge on any atom is 0.0410 e. The van der Waals surface area contributed by atoms with Crippen molar-refractivity contribution in [1.29, 1.82) is 0 Å². The fourth-order valence-electron chi connectivity index (χ4n) is 2.23. The number of rotatable bonds is 9. The Balaban J connectivity index is 2.29. The van der Waals surface area contributed by atoms with Gasteiger partial charge in [0.15, 0.2) is 0 Å². The quantitative estimate of drug-likeness (QED) is 0.685. The molecule has 0 aromatic heterocycles. The minimum absolute atomic E-state index is 0.524. The standard InChI is InChI=1S/C16H26BrClN2/c1-4-20(5-2)10-6-7-13(3)19-12-14-11-15(18)8-9-16(14)17/h8-9,11,13,19H,4-7,10,12H2,1-3H3. The molecule has 20 heavy (non-hydrogen) atoms. The van der Waals surface area contributed by atoms with Crippen molar-refractivity contribution in [2.45, 2.75) is 46.2 Å². The van der Waals surface area contributed by atoms with Crippen LogP contribution in [0.3, 0.4) is 0 Å². The monoisotopic (exact) mass is 360 g/mol. The highest BCUT2D eigenvalue weighted by Gasteiger charge is 2.06. The molecule has 0 saturated heterocycles. The first kappa shape index (κ1) is 18.0. The van der Waals surface area contributed by atoms with Crippen LogP contribution >= 0.6 is 27.5 Å². The van der Waals surface area contributed by atoms with Gasteiger partial charge in [0.1, 0.15) is 0 Å². The molecule has 0 heterocycles. The van der Waals surface area contributed by atoms with E-state index in [1.165, 1.54) is 24.9 Å². The SMILES string of the molecule is CCN(CC)CCCC(C)NCc1cc(Cl)ccc1Br. The summed E-state index contributed by atoms with van der Waals surface area (Å²) in [6.45, 7) is 11.0. The molecule has 0 saturated carbocycles. The maximum atomic E-state index is 6.03. The molecular formula is C16H26BrClN2. The third-order valence-corrected chi connectivity index (χ3v) is 4.66. The van der Waals surface area contributed by atoms with Gasteiger partial charge in [0, 0.05) is 22.1 Å². The lowest BCUT2D eigenvalue weighted by molar-refractivity contribution is 0.290. The summed E-state index contributed by atoms with van der Waals surface area (Å²) in [5, 5.41) is 4.36. The van der Waals surface area contributed by atoms with Crippen LogP contribution in [-0.2, 0) is 6.54 Å². The fraction of sp³-hybridized carbons (Fsp3) is 0.625. The van der Waals surface area contributed by atoms with Gasteiger partial charge in [-0.2, -0.15) is 0 Å². The van der Waals surface area contributed by atoms with Gasteiger partial charge in [0.25, 0.3) is 0 Å². The van der Waals surface area contributed by atoms with E-state index in [1.807, 2.05) is 18.2 Å². The van der Waals surface area contributed by atoms with Gasteiger partial charge < -0.3 is 10.2 Å². The predicted octanol–water partition coefficient (Wildman–Crippen LogP) is 4.70. The molecule has 4 heteroatoms. The first-order valence-corrected chi connectivity index (χ1v) is 8.63. The second-order valence-electron chi connectivity index (χ2n) is 5.19. The summed E-state index contributed by atoms with van der Waals surface area (Å²) in [5.74, 6) is 0. The van der Waals surface area contributed by atoms with Gasteiger partial charge >= 0.3 is 0 Å². The summed E-state index contributed by atoms with van der Waals surface area (Å²) in [7, 11) is 0. The molecule has 1 atom stereocenters. The zero-order valence-electron chi connectivity index (χ0n) is 12.8. The van der Waals surface area contributed by atoms with Gasteiger partial charge in [-0.3, -0.25) is 0 Å². The minimum Gasteiger partial charge on any atom is -0.310 e. The van der Waals surface area contributed by atoms with E-state index >= 15 is 0 Å². The van der Waals surface area contributed by atoms with E-state index in [0.29, 0.717) is 6.04 Å². The molecule has 0 fully saturated rings. The Kier molecular flexibility index (Phi) is 8.78. The number of halogens is 2. The van der Waals surface area contributed by atoms with Gasteiger partial charge in [-0.25, -0.2) is 0 Å². The molecule has 1 aromatic carbocycles. The number of nitrogens with zero attached hydrogens (tertiary/aromatic N) is 1. The van der Waals surface area contributed by atoms with Crippen LogP contribution in [0, 0.1) is 0 Å². The molecule has 0 aliphatic heterocycles. The van der Waals surface area contributed by atoms with Crippen LogP contribution in [0.15, 0.2) is 22.7 Å². The van der Waals surface area contributed by atoms with Crippen LogP contribution < -0.4 is 5.32 Å². The molecule has 114 valence electrons. The van der Waals surface area contributed by atoms with Gasteiger partial charge in [-0.05, 0) is 63.2 Å². The van der Waals surface area contributed by atoms with E-state index in [2.05, 4.69) is 46.9 Å². The molecule has 1 unspecified atom stereocenters. The summed E-state index contributed by atoms with van der Waals surface area (Å²) in [5.41, 5.74) is 1.22. The highest BCUT2D eigenvalue weighted by atomic mass is 79.9. The molecule has 1 rings (SSSR count). The van der Waals surface area contributed by atoms with Gasteiger partial charge in [0.05, 0.1) is 0 Å². The molecule has 0 aliphatic carbocycles. The molecule has 0 bridgehead atoms. The van der Waals surface area contributed by atoms with Crippen LogP contribution in [0.2, 0.25) is 5.02 Å². The van der Waals surface area contributed by atoms with Crippen molar-refractivity contribution < 1.29 is 0 Å². The van der Waals surface area contributed by atoms with Crippen molar-refractivity contribution in [1.82, 2.24) is 10.2 Å². The Morgan fingerprint density at radius 3 is 2.65 bits per heavy atom. The lowest BCUT2D eigenvalue weighted by atomic mass is 10.1. The van der Waals surface area contributed by atoms with Crippen molar-refractivity contribution in [3.63, 3.8) is 0 Å². The summed E-state index contributed by atoms with van der Waals surface area (Å²) in [6.07, 6.45) is 2.45. The molecule has 1 aromatic rings. The molecule has 0 aliphatic rings. The Labute approximate surface area is 137 Å². The predicted molar refractivity (Wildman–Crippen MR) is 92.5 cm³/mol. The van der Waals surface area contributed by atoms with E-state index in [1.54, 1.807) is 0 Å². The second kappa shape index (κ2) is 9.78. The lowest BCUT2D eigenvalue weighted by Gasteiger charge is -2.20. The Morgan fingerprint density at radius 1 is 1.30 bits per heavy atom. The molecule has 0 radical (unpaired) electrons. The average Bonchev–Trinajstić information content (AvgIpc) is 2.44. The van der Waals surface area contributed by atoms with Crippen LogP contribution in [0.5, 0.6) is 0 Å². The van der Waals surface area contributed by atoms with Gasteiger partial charge in [-0.1, -0.05) is 41.4 Å². The summed E-state index contributed by atoms with van der Waals surface area (Å²) in [4.78, 5) is 2.47. The number of hydrogen-bond donors (Lipinski definition) is 1. The van der Waals surface area contributed by atoms with E-state index in [9.17, 15) is 0 Å². The topological polar surface area (TPSA) is 15.3 Å². The second-order valence-corrected chi connectivity index (χ2v) is 6.48. The van der Waals surface area contributed by atoms with Crippen molar-refractivity contribution in [3.05, 3.63) is 33.3 Å². The molecule has 2 nitrogen and oxygen atoms in total. The number of hydrogen-bond acceptors (Lipinski definition) is 2. The third-order valence-electron chi connectivity index (χ3n) is 3.65. The van der Waals surface area contributed by atoms with E-state index < -0.39 is 0 Å². The Bertz CT molecular complexity index is 394. The summed E-state index contributed by atoms with van der Waals surface area (Å²) in [6, 6.07) is 6.45. The smallest absolute Gasteiger partial charge is 0.0410 e. The lowest BCUT2D eigenvalue weighted by Crippen LogP contribution is -2.28. The summed E-state index contributed by atoms with van der Waals surface area (Å²) < 4.78 is 1.12. The maximum absolute atomic E-state index is 6.03.